The second-order valence-corrected chi connectivity index (χ2v) is 4.28. The Bertz CT molecular complexity index is 357. The van der Waals surface area contributed by atoms with Gasteiger partial charge in [0.25, 0.3) is 0 Å². The number of hydrogen-bond acceptors (Lipinski definition) is 2. The molecular weight excluding hydrogens is 224 g/mol. The van der Waals surface area contributed by atoms with Gasteiger partial charge in [-0.25, -0.2) is 8.78 Å². The van der Waals surface area contributed by atoms with Crippen LogP contribution >= 0.6 is 0 Å². The van der Waals surface area contributed by atoms with E-state index in [1.807, 2.05) is 6.92 Å². The third kappa shape index (κ3) is 4.40. The van der Waals surface area contributed by atoms with Crippen LogP contribution in [-0.4, -0.2) is 17.7 Å². The summed E-state index contributed by atoms with van der Waals surface area (Å²) in [5, 5.41) is 12.9. The van der Waals surface area contributed by atoms with Crippen LogP contribution in [0.3, 0.4) is 0 Å². The number of halogens is 2. The monoisotopic (exact) mass is 243 g/mol. The Morgan fingerprint density at radius 3 is 2.65 bits per heavy atom. The predicted molar refractivity (Wildman–Crippen MR) is 63.7 cm³/mol. The van der Waals surface area contributed by atoms with E-state index in [-0.39, 0.29) is 18.2 Å². The van der Waals surface area contributed by atoms with E-state index in [9.17, 15) is 13.9 Å². The van der Waals surface area contributed by atoms with E-state index in [0.29, 0.717) is 0 Å². The summed E-state index contributed by atoms with van der Waals surface area (Å²) in [6, 6.07) is 3.49. The predicted octanol–water partition coefficient (Wildman–Crippen LogP) is 2.78. The second kappa shape index (κ2) is 6.67. The smallest absolute Gasteiger partial charge is 0.131 e. The van der Waals surface area contributed by atoms with E-state index < -0.39 is 17.7 Å². The summed E-state index contributed by atoms with van der Waals surface area (Å²) in [5.74, 6) is -1.34. The van der Waals surface area contributed by atoms with Gasteiger partial charge >= 0.3 is 0 Å². The molecule has 0 aliphatic rings. The average molecular weight is 243 g/mol. The summed E-state index contributed by atoms with van der Waals surface area (Å²) in [7, 11) is 0. The molecule has 0 bridgehead atoms. The molecule has 1 aromatic carbocycles. The first-order chi connectivity index (χ1) is 8.04. The average Bonchev–Trinajstić information content (AvgIpc) is 2.26. The molecule has 0 amide bonds. The van der Waals surface area contributed by atoms with Crippen LogP contribution < -0.4 is 5.32 Å². The highest BCUT2D eigenvalue weighted by Gasteiger charge is 2.14. The van der Waals surface area contributed by atoms with E-state index in [1.54, 1.807) is 0 Å². The van der Waals surface area contributed by atoms with Crippen LogP contribution in [0.1, 0.15) is 38.4 Å². The van der Waals surface area contributed by atoms with Crippen molar-refractivity contribution < 1.29 is 13.9 Å². The molecule has 0 heterocycles. The van der Waals surface area contributed by atoms with Gasteiger partial charge in [0.2, 0.25) is 0 Å². The molecular formula is C13H19F2NO. The fourth-order valence-corrected chi connectivity index (χ4v) is 1.73. The molecule has 2 nitrogen and oxygen atoms in total. The van der Waals surface area contributed by atoms with Crippen molar-refractivity contribution in [3.05, 3.63) is 35.4 Å². The largest absolute Gasteiger partial charge is 0.387 e. The van der Waals surface area contributed by atoms with Crippen molar-refractivity contribution in [1.29, 1.82) is 0 Å². The molecule has 0 radical (unpaired) electrons. The molecule has 2 N–H and O–H groups in total. The topological polar surface area (TPSA) is 32.3 Å². The van der Waals surface area contributed by atoms with Gasteiger partial charge in [-0.05, 0) is 19.4 Å². The molecule has 2 unspecified atom stereocenters. The first-order valence-electron chi connectivity index (χ1n) is 5.91. The molecule has 0 aliphatic carbocycles. The van der Waals surface area contributed by atoms with Crippen LogP contribution in [0.25, 0.3) is 0 Å². The second-order valence-electron chi connectivity index (χ2n) is 4.28. The maximum Gasteiger partial charge on any atom is 0.131 e. The lowest BCUT2D eigenvalue weighted by Crippen LogP contribution is -2.30. The van der Waals surface area contributed by atoms with Gasteiger partial charge in [-0.3, -0.25) is 0 Å². The Morgan fingerprint density at radius 1 is 1.35 bits per heavy atom. The third-order valence-corrected chi connectivity index (χ3v) is 2.70. The molecule has 96 valence electrons. The quantitative estimate of drug-likeness (QED) is 0.805. The van der Waals surface area contributed by atoms with Gasteiger partial charge in [-0.15, -0.1) is 0 Å². The fraction of sp³-hybridized carbons (Fsp3) is 0.538. The summed E-state index contributed by atoms with van der Waals surface area (Å²) >= 11 is 0. The molecule has 0 aromatic heterocycles. The normalized spacial score (nSPS) is 14.6. The van der Waals surface area contributed by atoms with Crippen LogP contribution in [0.4, 0.5) is 8.78 Å². The highest BCUT2D eigenvalue weighted by atomic mass is 19.1. The van der Waals surface area contributed by atoms with Gasteiger partial charge in [0, 0.05) is 24.2 Å². The number of hydrogen-bond donors (Lipinski definition) is 2. The van der Waals surface area contributed by atoms with Gasteiger partial charge in [0.05, 0.1) is 6.10 Å². The van der Waals surface area contributed by atoms with E-state index in [0.717, 1.165) is 25.0 Å². The van der Waals surface area contributed by atoms with Crippen molar-refractivity contribution in [3.8, 4) is 0 Å². The number of aliphatic hydroxyl groups is 1. The standard InChI is InChI=1S/C13H19F2NO/c1-3-4-9(2)16-8-13(17)11-6-5-10(14)7-12(11)15/h5-7,9,13,16-17H,3-4,8H2,1-2H3. The summed E-state index contributed by atoms with van der Waals surface area (Å²) in [6.07, 6.45) is 1.10. The lowest BCUT2D eigenvalue weighted by molar-refractivity contribution is 0.165. The highest BCUT2D eigenvalue weighted by Crippen LogP contribution is 2.17. The minimum atomic E-state index is -0.949. The summed E-state index contributed by atoms with van der Waals surface area (Å²) < 4.78 is 26.0. The zero-order valence-corrected chi connectivity index (χ0v) is 10.2. The summed E-state index contributed by atoms with van der Waals surface area (Å²) in [6.45, 7) is 4.36. The molecule has 0 fully saturated rings. The molecule has 0 aliphatic heterocycles. The first kappa shape index (κ1) is 14.1. The first-order valence-corrected chi connectivity index (χ1v) is 5.91. The minimum Gasteiger partial charge on any atom is -0.387 e. The number of benzene rings is 1. The molecule has 4 heteroatoms. The van der Waals surface area contributed by atoms with Gasteiger partial charge in [0.1, 0.15) is 11.6 Å². The van der Waals surface area contributed by atoms with Crippen molar-refractivity contribution >= 4 is 0 Å². The van der Waals surface area contributed by atoms with Crippen molar-refractivity contribution in [2.45, 2.75) is 38.8 Å². The summed E-state index contributed by atoms with van der Waals surface area (Å²) in [5.41, 5.74) is 0.127. The third-order valence-electron chi connectivity index (χ3n) is 2.70. The Balaban J connectivity index is 2.54. The Morgan fingerprint density at radius 2 is 2.06 bits per heavy atom. The van der Waals surface area contributed by atoms with Crippen LogP contribution in [0.15, 0.2) is 18.2 Å². The molecule has 17 heavy (non-hydrogen) atoms. The molecule has 0 saturated carbocycles. The van der Waals surface area contributed by atoms with Gasteiger partial charge in [-0.2, -0.15) is 0 Å². The number of aliphatic hydroxyl groups excluding tert-OH is 1. The van der Waals surface area contributed by atoms with E-state index >= 15 is 0 Å². The van der Waals surface area contributed by atoms with Crippen LogP contribution in [0, 0.1) is 11.6 Å². The maximum absolute atomic E-state index is 13.3. The van der Waals surface area contributed by atoms with Gasteiger partial charge in [0.15, 0.2) is 0 Å². The van der Waals surface area contributed by atoms with E-state index in [4.69, 9.17) is 0 Å². The van der Waals surface area contributed by atoms with Crippen LogP contribution in [0.5, 0.6) is 0 Å². The Labute approximate surface area is 101 Å². The molecule has 0 saturated heterocycles. The van der Waals surface area contributed by atoms with Crippen molar-refractivity contribution in [2.24, 2.45) is 0 Å². The van der Waals surface area contributed by atoms with Crippen LogP contribution in [-0.2, 0) is 0 Å². The zero-order chi connectivity index (χ0) is 12.8. The Kier molecular flexibility index (Phi) is 5.51. The number of rotatable bonds is 6. The van der Waals surface area contributed by atoms with Gasteiger partial charge in [-0.1, -0.05) is 19.4 Å². The molecule has 1 aromatic rings. The SMILES string of the molecule is CCCC(C)NCC(O)c1ccc(F)cc1F. The maximum atomic E-state index is 13.3. The molecule has 2 atom stereocenters. The highest BCUT2D eigenvalue weighted by molar-refractivity contribution is 5.21. The molecule has 1 rings (SSSR count). The van der Waals surface area contributed by atoms with Crippen molar-refractivity contribution in [2.75, 3.05) is 6.54 Å². The summed E-state index contributed by atoms with van der Waals surface area (Å²) in [4.78, 5) is 0. The lowest BCUT2D eigenvalue weighted by atomic mass is 10.1. The lowest BCUT2D eigenvalue weighted by Gasteiger charge is -2.17. The van der Waals surface area contributed by atoms with Crippen molar-refractivity contribution in [1.82, 2.24) is 5.32 Å². The molecule has 0 spiro atoms. The van der Waals surface area contributed by atoms with Gasteiger partial charge < -0.3 is 10.4 Å². The van der Waals surface area contributed by atoms with Crippen LogP contribution in [0.2, 0.25) is 0 Å². The van der Waals surface area contributed by atoms with E-state index in [1.165, 1.54) is 6.07 Å². The minimum absolute atomic E-state index is 0.127. The van der Waals surface area contributed by atoms with Crippen molar-refractivity contribution in [3.63, 3.8) is 0 Å². The van der Waals surface area contributed by atoms with E-state index in [2.05, 4.69) is 12.2 Å². The number of nitrogens with one attached hydrogen (secondary N) is 1. The fourth-order valence-electron chi connectivity index (χ4n) is 1.73. The zero-order valence-electron chi connectivity index (χ0n) is 10.2. The Hall–Kier alpha value is -1.00.